The molecule has 1 aliphatic rings. The molecule has 4 nitrogen and oxygen atoms in total. The maximum Gasteiger partial charge on any atom is 0.124 e. The molecule has 2 aromatic carbocycles. The molecule has 2 aromatic rings. The van der Waals surface area contributed by atoms with Gasteiger partial charge in [0, 0.05) is 17.9 Å². The second kappa shape index (κ2) is 8.17. The van der Waals surface area contributed by atoms with Gasteiger partial charge in [-0.3, -0.25) is 10.4 Å². The molecule has 0 aliphatic carbocycles. The summed E-state index contributed by atoms with van der Waals surface area (Å²) >= 11 is 0. The zero-order valence-electron chi connectivity index (χ0n) is 14.5. The minimum absolute atomic E-state index is 0. The summed E-state index contributed by atoms with van der Waals surface area (Å²) in [6.07, 6.45) is 0.647. The molecule has 2 N–H and O–H groups in total. The normalized spacial score (nSPS) is 17.6. The molecule has 0 aromatic heterocycles. The summed E-state index contributed by atoms with van der Waals surface area (Å²) in [5.41, 5.74) is 2.85. The van der Waals surface area contributed by atoms with Gasteiger partial charge in [-0.1, -0.05) is 56.3 Å². The number of amidine groups is 1. The lowest BCUT2D eigenvalue weighted by Gasteiger charge is -2.19. The first-order chi connectivity index (χ1) is 11.6. The van der Waals surface area contributed by atoms with Gasteiger partial charge in [-0.2, -0.15) is 5.10 Å². The van der Waals surface area contributed by atoms with E-state index < -0.39 is 0 Å². The number of hydrogen-bond acceptors (Lipinski definition) is 3. The number of benzene rings is 2. The molecule has 0 amide bonds. The van der Waals surface area contributed by atoms with Crippen LogP contribution in [0.2, 0.25) is 0 Å². The molecule has 0 saturated heterocycles. The molecule has 0 saturated carbocycles. The van der Waals surface area contributed by atoms with Gasteiger partial charge in [0.25, 0.3) is 0 Å². The van der Waals surface area contributed by atoms with E-state index in [0.717, 1.165) is 11.3 Å². The smallest absolute Gasteiger partial charge is 0.124 e. The van der Waals surface area contributed by atoms with Crippen LogP contribution in [0, 0.1) is 11.3 Å². The molecule has 2 atom stereocenters. The molecular formula is C20H24ClN3O. The van der Waals surface area contributed by atoms with Gasteiger partial charge in [0.2, 0.25) is 0 Å². The summed E-state index contributed by atoms with van der Waals surface area (Å²) in [5, 5.41) is 24.9. The molecule has 3 rings (SSSR count). The monoisotopic (exact) mass is 357 g/mol. The van der Waals surface area contributed by atoms with Crippen molar-refractivity contribution < 1.29 is 5.11 Å². The van der Waals surface area contributed by atoms with Crippen molar-refractivity contribution in [1.29, 1.82) is 5.41 Å². The van der Waals surface area contributed by atoms with Gasteiger partial charge in [0.15, 0.2) is 0 Å². The average molecular weight is 358 g/mol. The zero-order valence-corrected chi connectivity index (χ0v) is 15.3. The third-order valence-corrected chi connectivity index (χ3v) is 4.50. The lowest BCUT2D eigenvalue weighted by Crippen LogP contribution is -2.26. The van der Waals surface area contributed by atoms with E-state index in [0.29, 0.717) is 18.8 Å². The van der Waals surface area contributed by atoms with Crippen molar-refractivity contribution in [1.82, 2.24) is 5.01 Å². The van der Waals surface area contributed by atoms with Crippen molar-refractivity contribution >= 4 is 24.0 Å². The van der Waals surface area contributed by atoms with E-state index in [4.69, 9.17) is 5.41 Å². The van der Waals surface area contributed by atoms with E-state index in [1.54, 1.807) is 17.1 Å². The summed E-state index contributed by atoms with van der Waals surface area (Å²) in [6.45, 7) is 4.90. The number of halogens is 1. The molecule has 0 bridgehead atoms. The van der Waals surface area contributed by atoms with Gasteiger partial charge in [-0.05, 0) is 23.6 Å². The topological polar surface area (TPSA) is 59.7 Å². The van der Waals surface area contributed by atoms with Crippen LogP contribution in [0.25, 0.3) is 0 Å². The average Bonchev–Trinajstić information content (AvgIpc) is 2.98. The number of hydrogen-bond donors (Lipinski definition) is 2. The summed E-state index contributed by atoms with van der Waals surface area (Å²) in [6, 6.07) is 17.5. The van der Waals surface area contributed by atoms with E-state index >= 15 is 0 Å². The Labute approximate surface area is 155 Å². The minimum atomic E-state index is 0. The number of aromatic hydroxyl groups is 1. The zero-order chi connectivity index (χ0) is 17.1. The lowest BCUT2D eigenvalue weighted by atomic mass is 9.97. The fourth-order valence-corrected chi connectivity index (χ4v) is 3.09. The van der Waals surface area contributed by atoms with Crippen molar-refractivity contribution in [2.75, 3.05) is 6.54 Å². The highest BCUT2D eigenvalue weighted by molar-refractivity contribution is 6.06. The Morgan fingerprint density at radius 2 is 1.84 bits per heavy atom. The third-order valence-electron chi connectivity index (χ3n) is 4.50. The van der Waals surface area contributed by atoms with Crippen LogP contribution >= 0.6 is 12.4 Å². The maximum atomic E-state index is 10.1. The van der Waals surface area contributed by atoms with Gasteiger partial charge in [-0.25, -0.2) is 0 Å². The van der Waals surface area contributed by atoms with Crippen molar-refractivity contribution in [3.05, 3.63) is 65.7 Å². The first-order valence-electron chi connectivity index (χ1n) is 8.33. The van der Waals surface area contributed by atoms with Crippen LogP contribution in [-0.2, 0) is 0 Å². The Morgan fingerprint density at radius 3 is 2.52 bits per heavy atom. The van der Waals surface area contributed by atoms with Crippen molar-refractivity contribution in [2.24, 2.45) is 11.0 Å². The quantitative estimate of drug-likeness (QED) is 0.618. The number of hydrazone groups is 1. The Morgan fingerprint density at radius 1 is 1.20 bits per heavy atom. The van der Waals surface area contributed by atoms with Gasteiger partial charge in [0.1, 0.15) is 11.6 Å². The van der Waals surface area contributed by atoms with Crippen LogP contribution < -0.4 is 0 Å². The highest BCUT2D eigenvalue weighted by Gasteiger charge is 2.28. The second-order valence-electron chi connectivity index (χ2n) is 6.45. The minimum Gasteiger partial charge on any atom is -0.507 e. The van der Waals surface area contributed by atoms with Gasteiger partial charge < -0.3 is 5.11 Å². The van der Waals surface area contributed by atoms with E-state index in [9.17, 15) is 5.11 Å². The predicted octanol–water partition coefficient (Wildman–Crippen LogP) is 4.64. The summed E-state index contributed by atoms with van der Waals surface area (Å²) < 4.78 is 0. The molecule has 5 heteroatoms. The van der Waals surface area contributed by atoms with Crippen molar-refractivity contribution in [3.63, 3.8) is 0 Å². The third kappa shape index (κ3) is 4.20. The van der Waals surface area contributed by atoms with Crippen LogP contribution in [0.15, 0.2) is 59.7 Å². The van der Waals surface area contributed by atoms with Crippen LogP contribution in [0.4, 0.5) is 0 Å². The van der Waals surface area contributed by atoms with Gasteiger partial charge >= 0.3 is 0 Å². The number of para-hydroxylation sites is 1. The summed E-state index contributed by atoms with van der Waals surface area (Å²) in [5.74, 6) is 1.22. The Bertz CT molecular complexity index is 761. The molecule has 1 unspecified atom stereocenters. The molecule has 132 valence electrons. The SMILES string of the molecule is CC1CN(C(=N)C[C@H](C)c2ccccc2)N=C1c1ccccc1O.Cl. The molecule has 0 spiro atoms. The standard InChI is InChI=1S/C20H23N3O.ClH/c1-14(16-8-4-3-5-9-16)12-19(21)23-13-15(2)20(22-23)17-10-6-7-11-18(17)24;/h3-11,14-15,21,24H,12-13H2,1-2H3;1H/t14-,15?;/m0./s1. The predicted molar refractivity (Wildman–Crippen MR) is 105 cm³/mol. The second-order valence-corrected chi connectivity index (χ2v) is 6.45. The van der Waals surface area contributed by atoms with E-state index in [1.165, 1.54) is 5.56 Å². The number of phenolic OH excluding ortho intramolecular Hbond substituents is 1. The van der Waals surface area contributed by atoms with Gasteiger partial charge in [0.05, 0.1) is 12.3 Å². The van der Waals surface area contributed by atoms with E-state index in [2.05, 4.69) is 31.1 Å². The lowest BCUT2D eigenvalue weighted by molar-refractivity contribution is 0.439. The van der Waals surface area contributed by atoms with Crippen LogP contribution in [-0.4, -0.2) is 28.2 Å². The Kier molecular flexibility index (Phi) is 6.21. The molecule has 1 heterocycles. The largest absolute Gasteiger partial charge is 0.507 e. The highest BCUT2D eigenvalue weighted by Crippen LogP contribution is 2.27. The molecule has 0 radical (unpaired) electrons. The number of phenols is 1. The summed E-state index contributed by atoms with van der Waals surface area (Å²) in [7, 11) is 0. The van der Waals surface area contributed by atoms with Crippen molar-refractivity contribution in [2.45, 2.75) is 26.2 Å². The Balaban J connectivity index is 0.00000225. The number of rotatable bonds is 4. The van der Waals surface area contributed by atoms with E-state index in [1.807, 2.05) is 30.3 Å². The first-order valence-corrected chi connectivity index (χ1v) is 8.33. The van der Waals surface area contributed by atoms with Crippen LogP contribution in [0.5, 0.6) is 5.75 Å². The molecule has 0 fully saturated rings. The highest BCUT2D eigenvalue weighted by atomic mass is 35.5. The molecule has 25 heavy (non-hydrogen) atoms. The van der Waals surface area contributed by atoms with E-state index in [-0.39, 0.29) is 30.0 Å². The number of nitrogens with one attached hydrogen (secondary N) is 1. The van der Waals surface area contributed by atoms with Gasteiger partial charge in [-0.15, -0.1) is 12.4 Å². The Hall–Kier alpha value is -2.33. The number of nitrogens with zero attached hydrogens (tertiary/aromatic N) is 2. The first kappa shape index (κ1) is 19.0. The summed E-state index contributed by atoms with van der Waals surface area (Å²) in [4.78, 5) is 0. The molecular weight excluding hydrogens is 334 g/mol. The van der Waals surface area contributed by atoms with Crippen molar-refractivity contribution in [3.8, 4) is 5.75 Å². The fraction of sp³-hybridized carbons (Fsp3) is 0.300. The van der Waals surface area contributed by atoms with Crippen LogP contribution in [0.3, 0.4) is 0 Å². The fourth-order valence-electron chi connectivity index (χ4n) is 3.09. The maximum absolute atomic E-state index is 10.1. The molecule has 1 aliphatic heterocycles. The van der Waals surface area contributed by atoms with Crippen LogP contribution in [0.1, 0.15) is 37.3 Å².